The van der Waals surface area contributed by atoms with Crippen molar-refractivity contribution in [3.8, 4) is 11.5 Å². The number of anilines is 2. The highest BCUT2D eigenvalue weighted by molar-refractivity contribution is 7.98. The Kier molecular flexibility index (Phi) is 4.59. The van der Waals surface area contributed by atoms with Crippen molar-refractivity contribution in [2.24, 2.45) is 0 Å². The van der Waals surface area contributed by atoms with Crippen LogP contribution in [0.1, 0.15) is 18.5 Å². The summed E-state index contributed by atoms with van der Waals surface area (Å²) in [4.78, 5) is 17.9. The van der Waals surface area contributed by atoms with Gasteiger partial charge in [-0.25, -0.2) is 4.68 Å². The van der Waals surface area contributed by atoms with Crippen molar-refractivity contribution in [2.45, 2.75) is 18.1 Å². The lowest BCUT2D eigenvalue weighted by atomic mass is 9.94. The quantitative estimate of drug-likeness (QED) is 0.622. The third-order valence-electron chi connectivity index (χ3n) is 5.00. The third-order valence-corrected chi connectivity index (χ3v) is 5.54. The molecular formula is C21H19N5O3S. The van der Waals surface area contributed by atoms with E-state index in [4.69, 9.17) is 9.47 Å². The smallest absolute Gasteiger partial charge is 0.255 e. The minimum absolute atomic E-state index is 0.187. The molecule has 0 saturated heterocycles. The van der Waals surface area contributed by atoms with E-state index in [0.717, 1.165) is 16.9 Å². The van der Waals surface area contributed by atoms with Gasteiger partial charge in [-0.05, 0) is 43.0 Å². The number of benzene rings is 2. The Labute approximate surface area is 177 Å². The molecule has 0 saturated carbocycles. The number of nitrogens with zero attached hydrogens (tertiary/aromatic N) is 3. The summed E-state index contributed by atoms with van der Waals surface area (Å²) in [7, 11) is 0. The van der Waals surface area contributed by atoms with Crippen LogP contribution < -0.4 is 20.1 Å². The van der Waals surface area contributed by atoms with Gasteiger partial charge in [0.05, 0.1) is 5.57 Å². The Morgan fingerprint density at radius 2 is 2.00 bits per heavy atom. The van der Waals surface area contributed by atoms with Crippen LogP contribution in [0.25, 0.3) is 0 Å². The number of rotatable bonds is 4. The fraction of sp³-hybridized carbons (Fsp3) is 0.190. The number of allylic oxidation sites excluding steroid dienone is 1. The van der Waals surface area contributed by atoms with Crippen LogP contribution in [0.3, 0.4) is 0 Å². The maximum absolute atomic E-state index is 13.3. The van der Waals surface area contributed by atoms with E-state index < -0.39 is 6.04 Å². The molecule has 0 fully saturated rings. The normalized spacial score (nSPS) is 16.8. The molecule has 0 aliphatic carbocycles. The highest BCUT2D eigenvalue weighted by Gasteiger charge is 2.35. The molecule has 0 bridgehead atoms. The van der Waals surface area contributed by atoms with E-state index in [0.29, 0.717) is 28.2 Å². The van der Waals surface area contributed by atoms with E-state index in [1.165, 1.54) is 11.8 Å². The van der Waals surface area contributed by atoms with Crippen LogP contribution in [-0.2, 0) is 4.79 Å². The molecule has 5 rings (SSSR count). The average Bonchev–Trinajstić information content (AvgIpc) is 3.39. The van der Waals surface area contributed by atoms with Crippen molar-refractivity contribution >= 4 is 29.3 Å². The van der Waals surface area contributed by atoms with E-state index in [-0.39, 0.29) is 12.7 Å². The molecule has 2 N–H and O–H groups in total. The van der Waals surface area contributed by atoms with Crippen molar-refractivity contribution in [1.29, 1.82) is 0 Å². The van der Waals surface area contributed by atoms with Gasteiger partial charge in [0.1, 0.15) is 6.04 Å². The Hall–Kier alpha value is -3.46. The molecule has 0 spiro atoms. The number of nitrogens with one attached hydrogen (secondary N) is 2. The van der Waals surface area contributed by atoms with Crippen LogP contribution in [0.2, 0.25) is 0 Å². The molecule has 1 amide bonds. The molecule has 9 heteroatoms. The Morgan fingerprint density at radius 1 is 1.20 bits per heavy atom. The molecule has 30 heavy (non-hydrogen) atoms. The lowest BCUT2D eigenvalue weighted by molar-refractivity contribution is -0.113. The summed E-state index contributed by atoms with van der Waals surface area (Å²) in [5.74, 6) is 1.72. The molecule has 3 aromatic rings. The van der Waals surface area contributed by atoms with E-state index >= 15 is 0 Å². The van der Waals surface area contributed by atoms with Gasteiger partial charge in [0, 0.05) is 11.4 Å². The molecular weight excluding hydrogens is 402 g/mol. The lowest BCUT2D eigenvalue weighted by Crippen LogP contribution is -2.31. The zero-order chi connectivity index (χ0) is 20.7. The van der Waals surface area contributed by atoms with E-state index in [2.05, 4.69) is 20.7 Å². The highest BCUT2D eigenvalue weighted by Crippen LogP contribution is 2.40. The minimum Gasteiger partial charge on any atom is -0.454 e. The van der Waals surface area contributed by atoms with Crippen molar-refractivity contribution < 1.29 is 14.3 Å². The number of thioether (sulfide) groups is 1. The number of amides is 1. The zero-order valence-corrected chi connectivity index (χ0v) is 17.2. The van der Waals surface area contributed by atoms with Gasteiger partial charge in [-0.1, -0.05) is 36.0 Å². The molecule has 3 heterocycles. The predicted octanol–water partition coefficient (Wildman–Crippen LogP) is 3.66. The Morgan fingerprint density at radius 3 is 2.80 bits per heavy atom. The molecule has 2 aromatic carbocycles. The van der Waals surface area contributed by atoms with Gasteiger partial charge in [-0.15, -0.1) is 5.10 Å². The number of ether oxygens (including phenoxy) is 2. The van der Waals surface area contributed by atoms with Gasteiger partial charge in [0.25, 0.3) is 5.91 Å². The standard InChI is InChI=1S/C21H19N5O3S/c1-12-17(19(27)23-14-6-4-3-5-7-14)18(26-20(22-12)24-21(25-26)30-2)13-8-9-15-16(10-13)29-11-28-15/h3-10,18H,11H2,1-2H3,(H,23,27)(H,22,24,25)/t18-/m1/s1. The summed E-state index contributed by atoms with van der Waals surface area (Å²) in [5, 5.41) is 11.4. The van der Waals surface area contributed by atoms with E-state index in [9.17, 15) is 4.79 Å². The van der Waals surface area contributed by atoms with Gasteiger partial charge >= 0.3 is 0 Å². The van der Waals surface area contributed by atoms with E-state index in [1.54, 1.807) is 4.68 Å². The molecule has 2 aliphatic rings. The number of aromatic nitrogens is 3. The first-order valence-electron chi connectivity index (χ1n) is 9.38. The van der Waals surface area contributed by atoms with Gasteiger partial charge in [0.2, 0.25) is 17.9 Å². The number of hydrogen-bond donors (Lipinski definition) is 2. The monoisotopic (exact) mass is 421 g/mol. The fourth-order valence-corrected chi connectivity index (χ4v) is 3.97. The van der Waals surface area contributed by atoms with Crippen LogP contribution in [0.15, 0.2) is 65.0 Å². The number of carbonyl (C=O) groups is 1. The van der Waals surface area contributed by atoms with Crippen LogP contribution in [0.4, 0.5) is 11.6 Å². The van der Waals surface area contributed by atoms with Crippen LogP contribution in [0, 0.1) is 0 Å². The summed E-state index contributed by atoms with van der Waals surface area (Å²) in [6, 6.07) is 14.6. The SMILES string of the molecule is CSc1nc2n(n1)[C@H](c1ccc3c(c1)OCO3)C(C(=O)Nc1ccccc1)=C(C)N2. The highest BCUT2D eigenvalue weighted by atomic mass is 32.2. The number of hydrogen-bond acceptors (Lipinski definition) is 7. The van der Waals surface area contributed by atoms with Crippen LogP contribution in [-0.4, -0.2) is 33.7 Å². The van der Waals surface area contributed by atoms with Crippen molar-refractivity contribution in [3.05, 3.63) is 65.4 Å². The average molecular weight is 421 g/mol. The largest absolute Gasteiger partial charge is 0.454 e. The number of fused-ring (bicyclic) bond motifs is 2. The molecule has 1 atom stereocenters. The summed E-state index contributed by atoms with van der Waals surface area (Å²) in [6.45, 7) is 2.06. The topological polar surface area (TPSA) is 90.3 Å². The number of para-hydroxylation sites is 1. The maximum Gasteiger partial charge on any atom is 0.255 e. The number of carbonyl (C=O) groups excluding carboxylic acids is 1. The lowest BCUT2D eigenvalue weighted by Gasteiger charge is -2.28. The molecule has 152 valence electrons. The second-order valence-corrected chi connectivity index (χ2v) is 7.64. The van der Waals surface area contributed by atoms with Gasteiger partial charge in [0.15, 0.2) is 11.5 Å². The summed E-state index contributed by atoms with van der Waals surface area (Å²) in [6.07, 6.45) is 1.92. The fourth-order valence-electron chi connectivity index (χ4n) is 3.62. The second kappa shape index (κ2) is 7.42. The Bertz CT molecular complexity index is 1160. The van der Waals surface area contributed by atoms with Crippen LogP contribution >= 0.6 is 11.8 Å². The first-order valence-corrected chi connectivity index (χ1v) is 10.6. The van der Waals surface area contributed by atoms with Gasteiger partial charge in [-0.3, -0.25) is 4.79 Å². The maximum atomic E-state index is 13.3. The van der Waals surface area contributed by atoms with Gasteiger partial charge < -0.3 is 20.1 Å². The third kappa shape index (κ3) is 3.17. The predicted molar refractivity (Wildman–Crippen MR) is 114 cm³/mol. The Balaban J connectivity index is 1.60. The summed E-state index contributed by atoms with van der Waals surface area (Å²) in [5.41, 5.74) is 2.86. The van der Waals surface area contributed by atoms with Crippen molar-refractivity contribution in [2.75, 3.05) is 23.7 Å². The van der Waals surface area contributed by atoms with Crippen LogP contribution in [0.5, 0.6) is 11.5 Å². The van der Waals surface area contributed by atoms with Crippen molar-refractivity contribution in [3.63, 3.8) is 0 Å². The molecule has 0 unspecified atom stereocenters. The minimum atomic E-state index is -0.465. The first kappa shape index (κ1) is 18.6. The molecule has 2 aliphatic heterocycles. The van der Waals surface area contributed by atoms with Gasteiger partial charge in [-0.2, -0.15) is 4.98 Å². The summed E-state index contributed by atoms with van der Waals surface area (Å²) < 4.78 is 12.7. The molecule has 1 aromatic heterocycles. The zero-order valence-electron chi connectivity index (χ0n) is 16.4. The molecule has 0 radical (unpaired) electrons. The summed E-state index contributed by atoms with van der Waals surface area (Å²) >= 11 is 1.45. The molecule has 8 nitrogen and oxygen atoms in total. The second-order valence-electron chi connectivity index (χ2n) is 6.87. The van der Waals surface area contributed by atoms with E-state index in [1.807, 2.05) is 61.7 Å². The van der Waals surface area contributed by atoms with Crippen molar-refractivity contribution in [1.82, 2.24) is 14.8 Å². The first-order chi connectivity index (χ1) is 14.6.